The van der Waals surface area contributed by atoms with Crippen LogP contribution in [0, 0.1) is 0 Å². The molecular weight excluding hydrogens is 204 g/mol. The van der Waals surface area contributed by atoms with Crippen LogP contribution in [0.4, 0.5) is 0 Å². The van der Waals surface area contributed by atoms with Crippen molar-refractivity contribution in [2.24, 2.45) is 0 Å². The Balaban J connectivity index is 2.68. The van der Waals surface area contributed by atoms with Crippen LogP contribution in [0.25, 0.3) is 10.3 Å². The van der Waals surface area contributed by atoms with Gasteiger partial charge in [0, 0.05) is 5.69 Å². The molecule has 0 atom stereocenters. The van der Waals surface area contributed by atoms with Gasteiger partial charge in [-0.15, -0.1) is 11.3 Å². The minimum atomic E-state index is 0.466. The molecule has 0 N–H and O–H groups in total. The molecule has 0 bridgehead atoms. The Morgan fingerprint density at radius 3 is 2.47 bits per heavy atom. The summed E-state index contributed by atoms with van der Waals surface area (Å²) in [5.74, 6) is 0.995. The van der Waals surface area contributed by atoms with Gasteiger partial charge in [-0.1, -0.05) is 27.7 Å². The SMILES string of the molecule is CC(C)c1cc2scnc2nc1C(C)C. The normalized spacial score (nSPS) is 11.9. The van der Waals surface area contributed by atoms with Crippen molar-refractivity contribution in [3.8, 4) is 0 Å². The Labute approximate surface area is 94.4 Å². The van der Waals surface area contributed by atoms with E-state index in [1.54, 1.807) is 11.3 Å². The predicted octanol–water partition coefficient (Wildman–Crippen LogP) is 3.94. The minimum absolute atomic E-state index is 0.466. The van der Waals surface area contributed by atoms with Crippen molar-refractivity contribution in [2.45, 2.75) is 39.5 Å². The predicted molar refractivity (Wildman–Crippen MR) is 65.6 cm³/mol. The molecule has 2 rings (SSSR count). The minimum Gasteiger partial charge on any atom is -0.232 e. The lowest BCUT2D eigenvalue weighted by atomic mass is 9.95. The maximum Gasteiger partial charge on any atom is 0.170 e. The molecule has 3 heteroatoms. The van der Waals surface area contributed by atoms with Gasteiger partial charge in [0.1, 0.15) is 0 Å². The maximum absolute atomic E-state index is 4.66. The lowest BCUT2D eigenvalue weighted by molar-refractivity contribution is 0.763. The smallest absolute Gasteiger partial charge is 0.170 e. The first-order chi connectivity index (χ1) is 7.09. The molecule has 2 nitrogen and oxygen atoms in total. The van der Waals surface area contributed by atoms with Crippen LogP contribution in [0.3, 0.4) is 0 Å². The Morgan fingerprint density at radius 2 is 1.87 bits per heavy atom. The topological polar surface area (TPSA) is 25.8 Å². The van der Waals surface area contributed by atoms with E-state index in [1.165, 1.54) is 16.0 Å². The average Bonchev–Trinajstić information content (AvgIpc) is 2.61. The van der Waals surface area contributed by atoms with Crippen molar-refractivity contribution in [1.82, 2.24) is 9.97 Å². The molecule has 0 amide bonds. The van der Waals surface area contributed by atoms with E-state index >= 15 is 0 Å². The van der Waals surface area contributed by atoms with Crippen LogP contribution in [-0.2, 0) is 0 Å². The van der Waals surface area contributed by atoms with Crippen LogP contribution in [0.2, 0.25) is 0 Å². The van der Waals surface area contributed by atoms with Gasteiger partial charge in [-0.05, 0) is 23.5 Å². The standard InChI is InChI=1S/C12H16N2S/c1-7(2)9-5-10-12(13-6-15-10)14-11(9)8(3)4/h5-8H,1-4H3. The fourth-order valence-electron chi connectivity index (χ4n) is 1.75. The van der Waals surface area contributed by atoms with E-state index in [1.807, 2.05) is 5.51 Å². The van der Waals surface area contributed by atoms with Gasteiger partial charge >= 0.3 is 0 Å². The molecule has 2 aromatic rings. The molecule has 0 aliphatic heterocycles. The van der Waals surface area contributed by atoms with Gasteiger partial charge in [0.05, 0.1) is 10.2 Å². The molecule has 0 radical (unpaired) electrons. The molecule has 80 valence electrons. The highest BCUT2D eigenvalue weighted by Crippen LogP contribution is 2.28. The summed E-state index contributed by atoms with van der Waals surface area (Å²) < 4.78 is 1.20. The van der Waals surface area contributed by atoms with E-state index in [9.17, 15) is 0 Å². The van der Waals surface area contributed by atoms with E-state index < -0.39 is 0 Å². The number of pyridine rings is 1. The molecule has 0 saturated heterocycles. The number of thiazole rings is 1. The Kier molecular flexibility index (Phi) is 2.74. The summed E-state index contributed by atoms with van der Waals surface area (Å²) in [6.45, 7) is 8.81. The van der Waals surface area contributed by atoms with Gasteiger partial charge < -0.3 is 0 Å². The van der Waals surface area contributed by atoms with Crippen molar-refractivity contribution in [1.29, 1.82) is 0 Å². The highest BCUT2D eigenvalue weighted by atomic mass is 32.1. The number of aromatic nitrogens is 2. The summed E-state index contributed by atoms with van der Waals surface area (Å²) in [5, 5.41) is 0. The molecule has 0 aromatic carbocycles. The number of fused-ring (bicyclic) bond motifs is 1. The van der Waals surface area contributed by atoms with Gasteiger partial charge in [-0.2, -0.15) is 0 Å². The fourth-order valence-corrected chi connectivity index (χ4v) is 2.42. The molecule has 0 saturated carbocycles. The van der Waals surface area contributed by atoms with E-state index in [0.717, 1.165) is 5.65 Å². The van der Waals surface area contributed by atoms with Gasteiger partial charge in [-0.3, -0.25) is 0 Å². The monoisotopic (exact) mass is 220 g/mol. The van der Waals surface area contributed by atoms with Crippen LogP contribution in [0.15, 0.2) is 11.6 Å². The molecule has 0 aliphatic carbocycles. The first-order valence-electron chi connectivity index (χ1n) is 5.33. The summed E-state index contributed by atoms with van der Waals surface area (Å²) >= 11 is 1.67. The number of hydrogen-bond acceptors (Lipinski definition) is 3. The van der Waals surface area contributed by atoms with Crippen LogP contribution < -0.4 is 0 Å². The van der Waals surface area contributed by atoms with Gasteiger partial charge in [-0.25, -0.2) is 9.97 Å². The second-order valence-corrected chi connectivity index (χ2v) is 5.33. The first-order valence-corrected chi connectivity index (χ1v) is 6.21. The van der Waals surface area contributed by atoms with Crippen molar-refractivity contribution < 1.29 is 0 Å². The van der Waals surface area contributed by atoms with Crippen molar-refractivity contribution in [3.05, 3.63) is 22.8 Å². The number of hydrogen-bond donors (Lipinski definition) is 0. The first kappa shape index (κ1) is 10.6. The van der Waals surface area contributed by atoms with Gasteiger partial charge in [0.15, 0.2) is 5.65 Å². The lowest BCUT2D eigenvalue weighted by Gasteiger charge is -2.14. The highest BCUT2D eigenvalue weighted by molar-refractivity contribution is 7.16. The van der Waals surface area contributed by atoms with Crippen molar-refractivity contribution >= 4 is 21.7 Å². The third-order valence-electron chi connectivity index (χ3n) is 2.55. The van der Waals surface area contributed by atoms with Gasteiger partial charge in [0.25, 0.3) is 0 Å². The van der Waals surface area contributed by atoms with Gasteiger partial charge in [0.2, 0.25) is 0 Å². The zero-order valence-corrected chi connectivity index (χ0v) is 10.4. The highest BCUT2D eigenvalue weighted by Gasteiger charge is 2.13. The Hall–Kier alpha value is -0.960. The van der Waals surface area contributed by atoms with Crippen LogP contribution in [-0.4, -0.2) is 9.97 Å². The molecule has 0 unspecified atom stereocenters. The molecule has 2 heterocycles. The molecule has 0 fully saturated rings. The maximum atomic E-state index is 4.66. The lowest BCUT2D eigenvalue weighted by Crippen LogP contribution is -2.01. The molecular formula is C12H16N2S. The van der Waals surface area contributed by atoms with Crippen LogP contribution in [0.5, 0.6) is 0 Å². The van der Waals surface area contributed by atoms with Crippen molar-refractivity contribution in [3.63, 3.8) is 0 Å². The second-order valence-electron chi connectivity index (χ2n) is 4.45. The Bertz CT molecular complexity index is 429. The zero-order chi connectivity index (χ0) is 11.0. The van der Waals surface area contributed by atoms with E-state index in [2.05, 4.69) is 43.7 Å². The average molecular weight is 220 g/mol. The van der Waals surface area contributed by atoms with E-state index in [4.69, 9.17) is 0 Å². The van der Waals surface area contributed by atoms with E-state index in [-0.39, 0.29) is 0 Å². The third-order valence-corrected chi connectivity index (χ3v) is 3.32. The fraction of sp³-hybridized carbons (Fsp3) is 0.500. The number of nitrogens with zero attached hydrogens (tertiary/aromatic N) is 2. The second kappa shape index (κ2) is 3.89. The summed E-state index contributed by atoms with van der Waals surface area (Å²) in [6, 6.07) is 2.25. The zero-order valence-electron chi connectivity index (χ0n) is 9.61. The molecule has 2 aromatic heterocycles. The summed E-state index contributed by atoms with van der Waals surface area (Å²) in [5.41, 5.74) is 5.32. The Morgan fingerprint density at radius 1 is 1.13 bits per heavy atom. The van der Waals surface area contributed by atoms with Crippen LogP contribution >= 0.6 is 11.3 Å². The third kappa shape index (κ3) is 1.88. The largest absolute Gasteiger partial charge is 0.232 e. The molecule has 15 heavy (non-hydrogen) atoms. The summed E-state index contributed by atoms with van der Waals surface area (Å²) in [7, 11) is 0. The molecule has 0 spiro atoms. The molecule has 0 aliphatic rings. The summed E-state index contributed by atoms with van der Waals surface area (Å²) in [4.78, 5) is 8.92. The number of rotatable bonds is 2. The van der Waals surface area contributed by atoms with Crippen molar-refractivity contribution in [2.75, 3.05) is 0 Å². The summed E-state index contributed by atoms with van der Waals surface area (Å²) in [6.07, 6.45) is 0. The van der Waals surface area contributed by atoms with Crippen LogP contribution in [0.1, 0.15) is 50.8 Å². The van der Waals surface area contributed by atoms with E-state index in [0.29, 0.717) is 11.8 Å². The quantitative estimate of drug-likeness (QED) is 0.766.